The summed E-state index contributed by atoms with van der Waals surface area (Å²) >= 11 is 6.48. The summed E-state index contributed by atoms with van der Waals surface area (Å²) in [4.78, 5) is 14.7. The van der Waals surface area contributed by atoms with E-state index in [2.05, 4.69) is 0 Å². The molecular weight excluding hydrogens is 410 g/mol. The molecule has 0 bridgehead atoms. The number of ether oxygens (including phenoxy) is 3. The molecule has 1 aromatic carbocycles. The molecule has 146 valence electrons. The van der Waals surface area contributed by atoms with Crippen molar-refractivity contribution in [1.29, 1.82) is 0 Å². The van der Waals surface area contributed by atoms with Crippen LogP contribution in [0.3, 0.4) is 0 Å². The molecule has 1 atom stereocenters. The molecular formula is C17H19NO6S3. The normalized spacial score (nSPS) is 23.1. The summed E-state index contributed by atoms with van der Waals surface area (Å²) < 4.78 is 39.8. The van der Waals surface area contributed by atoms with Crippen LogP contribution in [0.5, 0.6) is 17.2 Å². The first kappa shape index (κ1) is 20.0. The van der Waals surface area contributed by atoms with Crippen LogP contribution in [0.15, 0.2) is 17.0 Å². The van der Waals surface area contributed by atoms with E-state index in [1.807, 2.05) is 0 Å². The molecule has 0 aliphatic carbocycles. The molecule has 2 saturated heterocycles. The summed E-state index contributed by atoms with van der Waals surface area (Å²) in [5, 5.41) is 0. The van der Waals surface area contributed by atoms with Gasteiger partial charge in [-0.05, 0) is 30.2 Å². The standard InChI is InChI=1S/C17H19NO6S3/c1-22-12-6-10(7-13(23-2)15(12)24-3)8-14-16(19)18(17(25)26-14)11-4-5-27(20,21)9-11/h6-8,11H,4-5,9H2,1-3H3/b14-8-/t11-/m0/s1. The second kappa shape index (κ2) is 7.69. The number of nitrogens with zero attached hydrogens (tertiary/aromatic N) is 1. The highest BCUT2D eigenvalue weighted by atomic mass is 32.2. The molecule has 0 radical (unpaired) electrons. The van der Waals surface area contributed by atoms with Gasteiger partial charge in [-0.1, -0.05) is 24.0 Å². The zero-order chi connectivity index (χ0) is 19.8. The van der Waals surface area contributed by atoms with Gasteiger partial charge in [-0.2, -0.15) is 0 Å². The van der Waals surface area contributed by atoms with Crippen LogP contribution in [0, 0.1) is 0 Å². The van der Waals surface area contributed by atoms with Crippen molar-refractivity contribution in [2.24, 2.45) is 0 Å². The van der Waals surface area contributed by atoms with Crippen LogP contribution >= 0.6 is 24.0 Å². The Morgan fingerprint density at radius 3 is 2.30 bits per heavy atom. The van der Waals surface area contributed by atoms with Crippen LogP contribution in [0.25, 0.3) is 6.08 Å². The van der Waals surface area contributed by atoms with Gasteiger partial charge in [0.15, 0.2) is 21.3 Å². The zero-order valence-corrected chi connectivity index (χ0v) is 17.5. The molecule has 0 N–H and O–H groups in total. The average molecular weight is 430 g/mol. The lowest BCUT2D eigenvalue weighted by Crippen LogP contribution is -2.39. The predicted molar refractivity (Wildman–Crippen MR) is 108 cm³/mol. The Labute approximate surface area is 167 Å². The minimum Gasteiger partial charge on any atom is -0.493 e. The Hall–Kier alpha value is -1.78. The number of methoxy groups -OCH3 is 3. The smallest absolute Gasteiger partial charge is 0.266 e. The molecule has 2 aliphatic rings. The first-order valence-electron chi connectivity index (χ1n) is 8.07. The van der Waals surface area contributed by atoms with Gasteiger partial charge in [0.25, 0.3) is 5.91 Å². The monoisotopic (exact) mass is 429 g/mol. The number of thioether (sulfide) groups is 1. The molecule has 2 aliphatic heterocycles. The van der Waals surface area contributed by atoms with E-state index in [9.17, 15) is 13.2 Å². The molecule has 10 heteroatoms. The maximum Gasteiger partial charge on any atom is 0.266 e. The summed E-state index contributed by atoms with van der Waals surface area (Å²) in [6, 6.07) is 3.07. The van der Waals surface area contributed by atoms with Crippen LogP contribution in [0.4, 0.5) is 0 Å². The topological polar surface area (TPSA) is 82.1 Å². The highest BCUT2D eigenvalue weighted by molar-refractivity contribution is 8.26. The third-order valence-electron chi connectivity index (χ3n) is 4.38. The lowest BCUT2D eigenvalue weighted by molar-refractivity contribution is -0.123. The second-order valence-electron chi connectivity index (χ2n) is 6.07. The third kappa shape index (κ3) is 3.92. The van der Waals surface area contributed by atoms with Gasteiger partial charge in [0.1, 0.15) is 4.32 Å². The van der Waals surface area contributed by atoms with Crippen LogP contribution in [0.1, 0.15) is 12.0 Å². The van der Waals surface area contributed by atoms with Crippen molar-refractivity contribution < 1.29 is 27.4 Å². The third-order valence-corrected chi connectivity index (χ3v) is 7.46. The molecule has 0 spiro atoms. The van der Waals surface area contributed by atoms with E-state index in [0.717, 1.165) is 11.8 Å². The first-order chi connectivity index (χ1) is 12.8. The lowest BCUT2D eigenvalue weighted by atomic mass is 10.1. The van der Waals surface area contributed by atoms with E-state index in [1.54, 1.807) is 18.2 Å². The number of rotatable bonds is 5. The van der Waals surface area contributed by atoms with Crippen molar-refractivity contribution in [3.8, 4) is 17.2 Å². The largest absolute Gasteiger partial charge is 0.493 e. The number of amides is 1. The van der Waals surface area contributed by atoms with Crippen LogP contribution in [-0.2, 0) is 14.6 Å². The van der Waals surface area contributed by atoms with E-state index in [1.165, 1.54) is 26.2 Å². The summed E-state index contributed by atoms with van der Waals surface area (Å²) in [7, 11) is 1.43. The van der Waals surface area contributed by atoms with Crippen molar-refractivity contribution in [3.05, 3.63) is 22.6 Å². The summed E-state index contributed by atoms with van der Waals surface area (Å²) in [6.07, 6.45) is 2.10. The fourth-order valence-electron chi connectivity index (χ4n) is 3.11. The Morgan fingerprint density at radius 1 is 1.19 bits per heavy atom. The predicted octanol–water partition coefficient (Wildman–Crippen LogP) is 2.10. The first-order valence-corrected chi connectivity index (χ1v) is 11.1. The van der Waals surface area contributed by atoms with Gasteiger partial charge in [0, 0.05) is 0 Å². The summed E-state index contributed by atoms with van der Waals surface area (Å²) in [5.41, 5.74) is 0.684. The number of thiocarbonyl (C=S) groups is 1. The number of hydrogen-bond donors (Lipinski definition) is 0. The van der Waals surface area contributed by atoms with E-state index in [-0.39, 0.29) is 17.4 Å². The Bertz CT molecular complexity index is 900. The van der Waals surface area contributed by atoms with E-state index >= 15 is 0 Å². The van der Waals surface area contributed by atoms with E-state index < -0.39 is 15.9 Å². The quantitative estimate of drug-likeness (QED) is 0.520. The zero-order valence-electron chi connectivity index (χ0n) is 15.1. The number of carbonyl (C=O) groups excluding carboxylic acids is 1. The molecule has 3 rings (SSSR count). The number of carbonyl (C=O) groups is 1. The highest BCUT2D eigenvalue weighted by Gasteiger charge is 2.42. The molecule has 1 aromatic rings. The molecule has 0 unspecified atom stereocenters. The molecule has 2 heterocycles. The molecule has 0 saturated carbocycles. The SMILES string of the molecule is COc1cc(/C=C2\SC(=S)N([C@H]3CCS(=O)(=O)C3)C2=O)cc(OC)c1OC. The molecule has 27 heavy (non-hydrogen) atoms. The number of benzene rings is 1. The Kier molecular flexibility index (Phi) is 5.68. The van der Waals surface area contributed by atoms with Crippen molar-refractivity contribution in [2.45, 2.75) is 12.5 Å². The van der Waals surface area contributed by atoms with Gasteiger partial charge < -0.3 is 14.2 Å². The van der Waals surface area contributed by atoms with Gasteiger partial charge in [-0.3, -0.25) is 9.69 Å². The minimum atomic E-state index is -3.11. The lowest BCUT2D eigenvalue weighted by Gasteiger charge is -2.20. The van der Waals surface area contributed by atoms with Gasteiger partial charge in [-0.15, -0.1) is 0 Å². The maximum absolute atomic E-state index is 12.8. The maximum atomic E-state index is 12.8. The van der Waals surface area contributed by atoms with E-state index in [4.69, 9.17) is 26.4 Å². The van der Waals surface area contributed by atoms with Gasteiger partial charge >= 0.3 is 0 Å². The van der Waals surface area contributed by atoms with Crippen molar-refractivity contribution in [1.82, 2.24) is 4.90 Å². The second-order valence-corrected chi connectivity index (χ2v) is 9.97. The van der Waals surface area contributed by atoms with Crippen molar-refractivity contribution in [3.63, 3.8) is 0 Å². The molecule has 7 nitrogen and oxygen atoms in total. The summed E-state index contributed by atoms with van der Waals surface area (Å²) in [5.74, 6) is 1.17. The van der Waals surface area contributed by atoms with Gasteiger partial charge in [0.05, 0.1) is 43.8 Å². The highest BCUT2D eigenvalue weighted by Crippen LogP contribution is 2.41. The Morgan fingerprint density at radius 2 is 1.81 bits per heavy atom. The number of sulfone groups is 1. The van der Waals surface area contributed by atoms with E-state index in [0.29, 0.717) is 38.5 Å². The fourth-order valence-corrected chi connectivity index (χ4v) is 6.21. The Balaban J connectivity index is 1.92. The molecule has 0 aromatic heterocycles. The van der Waals surface area contributed by atoms with Crippen LogP contribution in [0.2, 0.25) is 0 Å². The van der Waals surface area contributed by atoms with Gasteiger partial charge in [0.2, 0.25) is 5.75 Å². The van der Waals surface area contributed by atoms with Gasteiger partial charge in [-0.25, -0.2) is 8.42 Å². The minimum absolute atomic E-state index is 0.0447. The summed E-state index contributed by atoms with van der Waals surface area (Å²) in [6.45, 7) is 0. The molecule has 1 amide bonds. The average Bonchev–Trinajstić information content (AvgIpc) is 3.12. The van der Waals surface area contributed by atoms with Crippen molar-refractivity contribution in [2.75, 3.05) is 32.8 Å². The number of hydrogen-bond acceptors (Lipinski definition) is 8. The van der Waals surface area contributed by atoms with Crippen LogP contribution in [-0.4, -0.2) is 62.4 Å². The molecule has 2 fully saturated rings. The van der Waals surface area contributed by atoms with Crippen molar-refractivity contribution >= 4 is 50.1 Å². The fraction of sp³-hybridized carbons (Fsp3) is 0.412. The van der Waals surface area contributed by atoms with Crippen LogP contribution < -0.4 is 14.2 Å².